The Morgan fingerprint density at radius 2 is 2.04 bits per heavy atom. The number of nitrogens with zero attached hydrogens (tertiary/aromatic N) is 3. The normalized spacial score (nSPS) is 11.5. The highest BCUT2D eigenvalue weighted by Crippen LogP contribution is 2.33. The predicted octanol–water partition coefficient (Wildman–Crippen LogP) is 4.80. The van der Waals surface area contributed by atoms with Crippen molar-refractivity contribution >= 4 is 49.6 Å². The number of imidazole rings is 1. The number of para-hydroxylation sites is 1. The fourth-order valence-electron chi connectivity index (χ4n) is 3.41. The van der Waals surface area contributed by atoms with Gasteiger partial charge in [0, 0.05) is 44.8 Å². The molecule has 2 N–H and O–H groups in total. The number of hydrogen-bond acceptors (Lipinski definition) is 5. The zero-order chi connectivity index (χ0) is 19.3. The van der Waals surface area contributed by atoms with E-state index in [2.05, 4.69) is 37.8 Å². The third-order valence-electron chi connectivity index (χ3n) is 4.68. The van der Waals surface area contributed by atoms with Gasteiger partial charge in [0.15, 0.2) is 10.1 Å². The molecule has 0 bridgehead atoms. The van der Waals surface area contributed by atoms with Gasteiger partial charge < -0.3 is 10.3 Å². The van der Waals surface area contributed by atoms with E-state index in [1.807, 2.05) is 42.0 Å². The molecular weight excluding hydrogens is 390 g/mol. The van der Waals surface area contributed by atoms with Gasteiger partial charge in [-0.1, -0.05) is 18.2 Å². The van der Waals surface area contributed by atoms with Gasteiger partial charge in [-0.3, -0.25) is 9.20 Å². The molecule has 1 amide bonds. The Labute approximate surface area is 168 Å². The number of amides is 1. The quantitative estimate of drug-likeness (QED) is 0.449. The number of thiazole rings is 2. The lowest BCUT2D eigenvalue weighted by atomic mass is 10.1. The molecule has 5 aromatic rings. The first-order chi connectivity index (χ1) is 13.6. The summed E-state index contributed by atoms with van der Waals surface area (Å²) in [5.41, 5.74) is 5.99. The highest BCUT2D eigenvalue weighted by atomic mass is 32.1. The highest BCUT2D eigenvalue weighted by Gasteiger charge is 2.15. The van der Waals surface area contributed by atoms with Crippen molar-refractivity contribution in [2.24, 2.45) is 0 Å². The summed E-state index contributed by atoms with van der Waals surface area (Å²) in [5.74, 6) is -0.111. The molecule has 4 aromatic heterocycles. The molecule has 0 spiro atoms. The van der Waals surface area contributed by atoms with Gasteiger partial charge in [0.1, 0.15) is 0 Å². The van der Waals surface area contributed by atoms with E-state index in [1.165, 1.54) is 11.3 Å². The van der Waals surface area contributed by atoms with Crippen molar-refractivity contribution in [3.05, 3.63) is 58.3 Å². The minimum Gasteiger partial charge on any atom is -0.358 e. The second-order valence-electron chi connectivity index (χ2n) is 6.70. The van der Waals surface area contributed by atoms with E-state index in [9.17, 15) is 4.79 Å². The van der Waals surface area contributed by atoms with E-state index in [-0.39, 0.29) is 12.3 Å². The summed E-state index contributed by atoms with van der Waals surface area (Å²) in [4.78, 5) is 25.9. The number of aromatic nitrogens is 4. The number of carbonyl (C=O) groups excluding carboxylic acids is 1. The fraction of sp³-hybridized carbons (Fsp3) is 0.150. The van der Waals surface area contributed by atoms with E-state index in [1.54, 1.807) is 11.3 Å². The SMILES string of the molecule is Cc1[nH]c2ccccc2c1-c1csc(NC(=O)Cc2cn3c(C)csc3n2)n1. The minimum atomic E-state index is -0.111. The summed E-state index contributed by atoms with van der Waals surface area (Å²) in [5, 5.41) is 8.67. The van der Waals surface area contributed by atoms with Crippen LogP contribution in [0.25, 0.3) is 27.1 Å². The number of anilines is 1. The van der Waals surface area contributed by atoms with Crippen molar-refractivity contribution in [3.8, 4) is 11.3 Å². The standard InChI is InChI=1S/C20H17N5OS2/c1-11-9-28-20-22-13(8-25(11)20)7-17(26)24-19-23-16(10-27-19)18-12(2)21-15-6-4-3-5-14(15)18/h3-6,8-10,21H,7H2,1-2H3,(H,23,24,26). The Kier molecular flexibility index (Phi) is 4.03. The third kappa shape index (κ3) is 2.90. The number of rotatable bonds is 4. The zero-order valence-corrected chi connectivity index (χ0v) is 16.9. The third-order valence-corrected chi connectivity index (χ3v) is 6.40. The summed E-state index contributed by atoms with van der Waals surface area (Å²) in [6, 6.07) is 8.17. The van der Waals surface area contributed by atoms with Crippen LogP contribution in [0.1, 0.15) is 17.1 Å². The summed E-state index contributed by atoms with van der Waals surface area (Å²) in [6.45, 7) is 4.07. The first kappa shape index (κ1) is 17.2. The fourth-order valence-corrected chi connectivity index (χ4v) is 4.99. The molecule has 6 nitrogen and oxygen atoms in total. The molecule has 0 radical (unpaired) electrons. The number of aryl methyl sites for hydroxylation is 2. The van der Waals surface area contributed by atoms with Gasteiger partial charge >= 0.3 is 0 Å². The number of hydrogen-bond donors (Lipinski definition) is 2. The molecule has 5 rings (SSSR count). The van der Waals surface area contributed by atoms with E-state index >= 15 is 0 Å². The van der Waals surface area contributed by atoms with Crippen molar-refractivity contribution in [1.82, 2.24) is 19.4 Å². The van der Waals surface area contributed by atoms with Crippen molar-refractivity contribution in [2.75, 3.05) is 5.32 Å². The molecule has 28 heavy (non-hydrogen) atoms. The number of nitrogens with one attached hydrogen (secondary N) is 2. The van der Waals surface area contributed by atoms with Crippen LogP contribution in [0.2, 0.25) is 0 Å². The van der Waals surface area contributed by atoms with Crippen LogP contribution in [-0.4, -0.2) is 25.3 Å². The number of carbonyl (C=O) groups is 1. The first-order valence-electron chi connectivity index (χ1n) is 8.83. The van der Waals surface area contributed by atoms with E-state index < -0.39 is 0 Å². The van der Waals surface area contributed by atoms with E-state index in [0.717, 1.165) is 44.2 Å². The molecule has 0 aliphatic heterocycles. The van der Waals surface area contributed by atoms with Crippen molar-refractivity contribution < 1.29 is 4.79 Å². The maximum absolute atomic E-state index is 12.4. The number of fused-ring (bicyclic) bond motifs is 2. The predicted molar refractivity (Wildman–Crippen MR) is 114 cm³/mol. The van der Waals surface area contributed by atoms with E-state index in [0.29, 0.717) is 5.13 Å². The Balaban J connectivity index is 1.35. The molecule has 8 heteroatoms. The molecule has 0 atom stereocenters. The monoisotopic (exact) mass is 407 g/mol. The molecule has 4 heterocycles. The van der Waals surface area contributed by atoms with Crippen LogP contribution in [0.4, 0.5) is 5.13 Å². The maximum atomic E-state index is 12.4. The maximum Gasteiger partial charge on any atom is 0.232 e. The molecule has 0 saturated carbocycles. The van der Waals surface area contributed by atoms with Gasteiger partial charge in [-0.25, -0.2) is 9.97 Å². The topological polar surface area (TPSA) is 75.1 Å². The number of H-pyrrole nitrogens is 1. The average molecular weight is 408 g/mol. The number of benzene rings is 1. The molecule has 0 fully saturated rings. The molecular formula is C20H17N5OS2. The molecule has 1 aromatic carbocycles. The van der Waals surface area contributed by atoms with Crippen LogP contribution in [0.3, 0.4) is 0 Å². The Bertz CT molecular complexity index is 1320. The van der Waals surface area contributed by atoms with Gasteiger partial charge in [0.05, 0.1) is 17.8 Å². The van der Waals surface area contributed by atoms with Crippen molar-refractivity contribution in [1.29, 1.82) is 0 Å². The zero-order valence-electron chi connectivity index (χ0n) is 15.3. The summed E-state index contributed by atoms with van der Waals surface area (Å²) < 4.78 is 2.01. The summed E-state index contributed by atoms with van der Waals surface area (Å²) in [6.07, 6.45) is 2.15. The molecule has 140 valence electrons. The lowest BCUT2D eigenvalue weighted by Gasteiger charge is -2.00. The van der Waals surface area contributed by atoms with E-state index in [4.69, 9.17) is 0 Å². The molecule has 0 unspecified atom stereocenters. The van der Waals surface area contributed by atoms with Gasteiger partial charge in [0.2, 0.25) is 5.91 Å². The van der Waals surface area contributed by atoms with Gasteiger partial charge in [-0.2, -0.15) is 0 Å². The summed E-state index contributed by atoms with van der Waals surface area (Å²) in [7, 11) is 0. The van der Waals surface area contributed by atoms with Crippen LogP contribution >= 0.6 is 22.7 Å². The van der Waals surface area contributed by atoms with Crippen molar-refractivity contribution in [2.45, 2.75) is 20.3 Å². The molecule has 0 saturated heterocycles. The second kappa shape index (κ2) is 6.57. The Morgan fingerprint density at radius 3 is 2.89 bits per heavy atom. The highest BCUT2D eigenvalue weighted by molar-refractivity contribution is 7.15. The number of aromatic amines is 1. The Morgan fingerprint density at radius 1 is 1.18 bits per heavy atom. The van der Waals surface area contributed by atoms with Crippen LogP contribution in [0.15, 0.2) is 41.2 Å². The molecule has 0 aliphatic carbocycles. The largest absolute Gasteiger partial charge is 0.358 e. The smallest absolute Gasteiger partial charge is 0.232 e. The summed E-state index contributed by atoms with van der Waals surface area (Å²) >= 11 is 3.01. The average Bonchev–Trinajstić information content (AvgIpc) is 3.40. The van der Waals surface area contributed by atoms with Gasteiger partial charge in [-0.05, 0) is 19.9 Å². The van der Waals surface area contributed by atoms with Crippen LogP contribution in [0, 0.1) is 13.8 Å². The lowest BCUT2D eigenvalue weighted by Crippen LogP contribution is -2.14. The van der Waals surface area contributed by atoms with Crippen LogP contribution in [-0.2, 0) is 11.2 Å². The van der Waals surface area contributed by atoms with Crippen LogP contribution in [0.5, 0.6) is 0 Å². The molecule has 0 aliphatic rings. The first-order valence-corrected chi connectivity index (χ1v) is 10.6. The van der Waals surface area contributed by atoms with Crippen LogP contribution < -0.4 is 5.32 Å². The van der Waals surface area contributed by atoms with Gasteiger partial charge in [-0.15, -0.1) is 22.7 Å². The minimum absolute atomic E-state index is 0.111. The Hall–Kier alpha value is -2.97. The lowest BCUT2D eigenvalue weighted by molar-refractivity contribution is -0.115. The second-order valence-corrected chi connectivity index (χ2v) is 8.39. The van der Waals surface area contributed by atoms with Crippen molar-refractivity contribution in [3.63, 3.8) is 0 Å². The van der Waals surface area contributed by atoms with Gasteiger partial charge in [0.25, 0.3) is 0 Å².